The Hall–Kier alpha value is -1.14. The number of epoxide rings is 1. The summed E-state index contributed by atoms with van der Waals surface area (Å²) in [6.07, 6.45) is -0.657. The molecule has 0 aromatic heterocycles. The molecule has 22 heavy (non-hydrogen) atoms. The Labute approximate surface area is 132 Å². The molecule has 1 aliphatic heterocycles. The average molecular weight is 315 g/mol. The van der Waals surface area contributed by atoms with E-state index in [1.165, 1.54) is 0 Å². The number of hydrogen-bond donors (Lipinski definition) is 1. The van der Waals surface area contributed by atoms with E-state index in [0.29, 0.717) is 25.0 Å². The van der Waals surface area contributed by atoms with Crippen molar-refractivity contribution < 1.29 is 23.8 Å². The van der Waals surface area contributed by atoms with Gasteiger partial charge in [0.1, 0.15) is 0 Å². The third kappa shape index (κ3) is 6.75. The normalized spacial score (nSPS) is 21.8. The van der Waals surface area contributed by atoms with Gasteiger partial charge < -0.3 is 19.5 Å². The first kappa shape index (κ1) is 18.9. The van der Waals surface area contributed by atoms with Crippen LogP contribution in [0.4, 0.5) is 0 Å². The first-order chi connectivity index (χ1) is 10.3. The Morgan fingerprint density at radius 3 is 2.32 bits per heavy atom. The van der Waals surface area contributed by atoms with Crippen molar-refractivity contribution in [1.82, 2.24) is 5.32 Å². The Balaban J connectivity index is 2.41. The van der Waals surface area contributed by atoms with E-state index >= 15 is 0 Å². The predicted molar refractivity (Wildman–Crippen MR) is 82.3 cm³/mol. The highest BCUT2D eigenvalue weighted by Crippen LogP contribution is 2.24. The Morgan fingerprint density at radius 1 is 1.09 bits per heavy atom. The molecule has 1 amide bonds. The van der Waals surface area contributed by atoms with E-state index in [1.54, 1.807) is 6.92 Å². The molecule has 0 bridgehead atoms. The highest BCUT2D eigenvalue weighted by molar-refractivity contribution is 5.92. The van der Waals surface area contributed by atoms with Gasteiger partial charge in [0.25, 0.3) is 5.91 Å². The lowest BCUT2D eigenvalue weighted by Gasteiger charge is -2.21. The minimum Gasteiger partial charge on any atom is -0.464 e. The zero-order valence-corrected chi connectivity index (χ0v) is 14.3. The van der Waals surface area contributed by atoms with Crippen LogP contribution in [-0.2, 0) is 23.8 Å². The molecular formula is C16H29NO5. The van der Waals surface area contributed by atoms with Crippen molar-refractivity contribution in [2.75, 3.05) is 19.8 Å². The van der Waals surface area contributed by atoms with Gasteiger partial charge in [-0.1, -0.05) is 27.7 Å². The molecule has 1 saturated heterocycles. The van der Waals surface area contributed by atoms with E-state index < -0.39 is 18.2 Å². The summed E-state index contributed by atoms with van der Waals surface area (Å²) in [6, 6.07) is -0.0710. The molecule has 6 heteroatoms. The lowest BCUT2D eigenvalue weighted by Crippen LogP contribution is -2.42. The SMILES string of the molecule is CCOC(=O)[C@H]1OC1C(=O)N[C@H](COCC(C)C)CC(C)C. The molecule has 0 aromatic carbocycles. The zero-order valence-electron chi connectivity index (χ0n) is 14.3. The van der Waals surface area contributed by atoms with Gasteiger partial charge >= 0.3 is 5.97 Å². The minimum atomic E-state index is -0.753. The van der Waals surface area contributed by atoms with Gasteiger partial charge in [-0.05, 0) is 25.2 Å². The maximum Gasteiger partial charge on any atom is 0.338 e. The van der Waals surface area contributed by atoms with Crippen LogP contribution in [0.2, 0.25) is 0 Å². The molecule has 1 aliphatic rings. The summed E-state index contributed by atoms with van der Waals surface area (Å²) in [6.45, 7) is 11.5. The van der Waals surface area contributed by atoms with Gasteiger partial charge in [-0.2, -0.15) is 0 Å². The third-order valence-corrected chi connectivity index (χ3v) is 3.14. The largest absolute Gasteiger partial charge is 0.464 e. The van der Waals surface area contributed by atoms with Crippen LogP contribution < -0.4 is 5.32 Å². The number of esters is 1. The second-order valence-electron chi connectivity index (χ2n) is 6.50. The Morgan fingerprint density at radius 2 is 1.77 bits per heavy atom. The van der Waals surface area contributed by atoms with Crippen LogP contribution >= 0.6 is 0 Å². The van der Waals surface area contributed by atoms with Crippen molar-refractivity contribution in [3.8, 4) is 0 Å². The standard InChI is InChI=1S/C16H29NO5/c1-6-21-16(19)14-13(22-14)15(18)17-12(7-10(2)3)9-20-8-11(4)5/h10-14H,6-9H2,1-5H3,(H,17,18)/t12-,13?,14-/m0/s1. The third-order valence-electron chi connectivity index (χ3n) is 3.14. The fourth-order valence-electron chi connectivity index (χ4n) is 2.18. The Bertz CT molecular complexity index is 370. The van der Waals surface area contributed by atoms with Gasteiger partial charge in [-0.15, -0.1) is 0 Å². The summed E-state index contributed by atoms with van der Waals surface area (Å²) in [7, 11) is 0. The predicted octanol–water partition coefficient (Wildman–Crippen LogP) is 1.52. The van der Waals surface area contributed by atoms with E-state index in [-0.39, 0.29) is 18.6 Å². The van der Waals surface area contributed by atoms with Gasteiger partial charge in [0.05, 0.1) is 19.3 Å². The molecule has 1 heterocycles. The van der Waals surface area contributed by atoms with Gasteiger partial charge in [0, 0.05) is 6.61 Å². The Kier molecular flexibility index (Phi) is 7.82. The van der Waals surface area contributed by atoms with Crippen molar-refractivity contribution in [3.63, 3.8) is 0 Å². The van der Waals surface area contributed by atoms with Gasteiger partial charge in [-0.3, -0.25) is 4.79 Å². The molecule has 128 valence electrons. The highest BCUT2D eigenvalue weighted by atomic mass is 16.6. The second-order valence-corrected chi connectivity index (χ2v) is 6.50. The fraction of sp³-hybridized carbons (Fsp3) is 0.875. The summed E-state index contributed by atoms with van der Waals surface area (Å²) in [5.41, 5.74) is 0. The molecule has 0 aromatic rings. The monoisotopic (exact) mass is 315 g/mol. The maximum atomic E-state index is 12.1. The number of rotatable bonds is 10. The van der Waals surface area contributed by atoms with Gasteiger partial charge in [0.15, 0.2) is 12.2 Å². The van der Waals surface area contributed by atoms with E-state index in [9.17, 15) is 9.59 Å². The van der Waals surface area contributed by atoms with Crippen molar-refractivity contribution in [2.45, 2.75) is 59.3 Å². The van der Waals surface area contributed by atoms with Crippen LogP contribution in [0.3, 0.4) is 0 Å². The number of carbonyl (C=O) groups is 2. The van der Waals surface area contributed by atoms with Crippen LogP contribution in [0, 0.1) is 11.8 Å². The molecule has 0 radical (unpaired) electrons. The van der Waals surface area contributed by atoms with Gasteiger partial charge in [-0.25, -0.2) is 4.79 Å². The van der Waals surface area contributed by atoms with E-state index in [4.69, 9.17) is 14.2 Å². The number of ether oxygens (including phenoxy) is 3. The maximum absolute atomic E-state index is 12.1. The molecule has 0 saturated carbocycles. The quantitative estimate of drug-likeness (QED) is 0.488. The molecule has 0 aliphatic carbocycles. The topological polar surface area (TPSA) is 77.2 Å². The molecule has 0 spiro atoms. The van der Waals surface area contributed by atoms with Crippen LogP contribution in [0.25, 0.3) is 0 Å². The van der Waals surface area contributed by atoms with Crippen LogP contribution in [-0.4, -0.2) is 49.9 Å². The number of hydrogen-bond acceptors (Lipinski definition) is 5. The molecule has 1 N–H and O–H groups in total. The molecule has 3 atom stereocenters. The summed E-state index contributed by atoms with van der Waals surface area (Å²) < 4.78 is 15.6. The number of amides is 1. The number of carbonyl (C=O) groups excluding carboxylic acids is 2. The van der Waals surface area contributed by atoms with Crippen molar-refractivity contribution >= 4 is 11.9 Å². The smallest absolute Gasteiger partial charge is 0.338 e. The average Bonchev–Trinajstić information content (AvgIpc) is 3.17. The summed E-state index contributed by atoms with van der Waals surface area (Å²) in [5, 5.41) is 2.91. The van der Waals surface area contributed by atoms with Crippen LogP contribution in [0.1, 0.15) is 41.0 Å². The first-order valence-electron chi connectivity index (χ1n) is 8.05. The fourth-order valence-corrected chi connectivity index (χ4v) is 2.18. The van der Waals surface area contributed by atoms with E-state index in [0.717, 1.165) is 6.42 Å². The van der Waals surface area contributed by atoms with Crippen LogP contribution in [0.5, 0.6) is 0 Å². The molecule has 1 unspecified atom stereocenters. The van der Waals surface area contributed by atoms with Crippen molar-refractivity contribution in [3.05, 3.63) is 0 Å². The molecular weight excluding hydrogens is 286 g/mol. The summed E-state index contributed by atoms with van der Waals surface area (Å²) in [4.78, 5) is 23.6. The lowest BCUT2D eigenvalue weighted by atomic mass is 10.0. The second kappa shape index (κ2) is 9.10. The number of nitrogens with one attached hydrogen (secondary N) is 1. The minimum absolute atomic E-state index is 0.0710. The van der Waals surface area contributed by atoms with Crippen LogP contribution in [0.15, 0.2) is 0 Å². The summed E-state index contributed by atoms with van der Waals surface area (Å²) in [5.74, 6) is 0.153. The highest BCUT2D eigenvalue weighted by Gasteiger charge is 2.51. The van der Waals surface area contributed by atoms with E-state index in [1.807, 2.05) is 0 Å². The van der Waals surface area contributed by atoms with E-state index in [2.05, 4.69) is 33.0 Å². The van der Waals surface area contributed by atoms with Crippen molar-refractivity contribution in [1.29, 1.82) is 0 Å². The lowest BCUT2D eigenvalue weighted by molar-refractivity contribution is -0.144. The van der Waals surface area contributed by atoms with Gasteiger partial charge in [0.2, 0.25) is 0 Å². The summed E-state index contributed by atoms with van der Waals surface area (Å²) >= 11 is 0. The van der Waals surface area contributed by atoms with Crippen molar-refractivity contribution in [2.24, 2.45) is 11.8 Å². The molecule has 1 rings (SSSR count). The molecule has 6 nitrogen and oxygen atoms in total. The first-order valence-corrected chi connectivity index (χ1v) is 8.05. The molecule has 1 fully saturated rings. The zero-order chi connectivity index (χ0) is 16.7.